The molecule has 0 amide bonds. The van der Waals surface area contributed by atoms with Gasteiger partial charge in [-0.1, -0.05) is 18.6 Å². The molecule has 0 aromatic heterocycles. The molecule has 0 saturated carbocycles. The molecule has 1 aromatic rings. The Morgan fingerprint density at radius 1 is 1.33 bits per heavy atom. The van der Waals surface area contributed by atoms with Gasteiger partial charge in [0.15, 0.2) is 0 Å². The predicted molar refractivity (Wildman–Crippen MR) is 56.5 cm³/mol. The number of rotatable bonds is 4. The van der Waals surface area contributed by atoms with E-state index in [-0.39, 0.29) is 11.3 Å². The Balaban J connectivity index is 3.04. The molecule has 0 spiro atoms. The number of aryl methyl sites for hydroxylation is 1. The van der Waals surface area contributed by atoms with Crippen molar-refractivity contribution in [3.8, 4) is 5.75 Å². The molecule has 1 aromatic carbocycles. The van der Waals surface area contributed by atoms with E-state index in [1.807, 2.05) is 6.92 Å². The zero-order chi connectivity index (χ0) is 11.5. The van der Waals surface area contributed by atoms with Crippen LogP contribution in [0.2, 0.25) is 0 Å². The van der Waals surface area contributed by atoms with Crippen LogP contribution in [-0.2, 0) is 5.92 Å². The highest BCUT2D eigenvalue weighted by molar-refractivity contribution is 5.39. The first kappa shape index (κ1) is 12.0. The second-order valence-corrected chi connectivity index (χ2v) is 3.74. The second-order valence-electron chi connectivity index (χ2n) is 3.74. The molecular formula is C12H16F2O. The molecule has 0 atom stereocenters. The monoisotopic (exact) mass is 214 g/mol. The van der Waals surface area contributed by atoms with Crippen LogP contribution >= 0.6 is 0 Å². The zero-order valence-corrected chi connectivity index (χ0v) is 9.31. The molecule has 1 rings (SSSR count). The number of hydrogen-bond donors (Lipinski definition) is 0. The number of benzene rings is 1. The molecule has 3 heteroatoms. The highest BCUT2D eigenvalue weighted by Gasteiger charge is 2.28. The Morgan fingerprint density at radius 2 is 2.00 bits per heavy atom. The van der Waals surface area contributed by atoms with E-state index in [1.54, 1.807) is 19.1 Å². The van der Waals surface area contributed by atoms with E-state index in [1.165, 1.54) is 6.07 Å². The van der Waals surface area contributed by atoms with Gasteiger partial charge in [0, 0.05) is 6.92 Å². The Kier molecular flexibility index (Phi) is 3.66. The molecular weight excluding hydrogens is 198 g/mol. The first-order valence-corrected chi connectivity index (χ1v) is 5.07. The molecule has 0 bridgehead atoms. The molecule has 0 saturated heterocycles. The van der Waals surface area contributed by atoms with Gasteiger partial charge in [0.1, 0.15) is 5.75 Å². The summed E-state index contributed by atoms with van der Waals surface area (Å²) >= 11 is 0. The molecule has 0 aliphatic rings. The van der Waals surface area contributed by atoms with Crippen LogP contribution in [0.25, 0.3) is 0 Å². The van der Waals surface area contributed by atoms with Gasteiger partial charge in [0.25, 0.3) is 5.92 Å². The fourth-order valence-corrected chi connectivity index (χ4v) is 1.32. The smallest absolute Gasteiger partial charge is 0.274 e. The van der Waals surface area contributed by atoms with E-state index in [2.05, 4.69) is 0 Å². The minimum atomic E-state index is -2.85. The number of alkyl halides is 2. The van der Waals surface area contributed by atoms with E-state index < -0.39 is 5.92 Å². The third-order valence-corrected chi connectivity index (χ3v) is 2.07. The van der Waals surface area contributed by atoms with Crippen molar-refractivity contribution in [2.24, 2.45) is 0 Å². The Labute approximate surface area is 89.1 Å². The van der Waals surface area contributed by atoms with Gasteiger partial charge in [-0.15, -0.1) is 0 Å². The van der Waals surface area contributed by atoms with E-state index in [4.69, 9.17) is 4.74 Å². The lowest BCUT2D eigenvalue weighted by Gasteiger charge is -2.16. The number of ether oxygens (including phenoxy) is 1. The van der Waals surface area contributed by atoms with Crippen molar-refractivity contribution in [1.82, 2.24) is 0 Å². The summed E-state index contributed by atoms with van der Waals surface area (Å²) < 4.78 is 31.8. The lowest BCUT2D eigenvalue weighted by molar-refractivity contribution is 0.0144. The summed E-state index contributed by atoms with van der Waals surface area (Å²) in [6.45, 7) is 5.09. The summed E-state index contributed by atoms with van der Waals surface area (Å²) in [7, 11) is 0. The summed E-state index contributed by atoms with van der Waals surface area (Å²) in [5, 5.41) is 0. The molecule has 0 fully saturated rings. The van der Waals surface area contributed by atoms with Crippen molar-refractivity contribution >= 4 is 0 Å². The van der Waals surface area contributed by atoms with Gasteiger partial charge in [-0.25, -0.2) is 8.78 Å². The van der Waals surface area contributed by atoms with E-state index in [9.17, 15) is 8.78 Å². The zero-order valence-electron chi connectivity index (χ0n) is 9.31. The molecule has 0 heterocycles. The molecule has 0 aliphatic carbocycles. The maximum atomic E-state index is 13.2. The summed E-state index contributed by atoms with van der Waals surface area (Å²) in [6.07, 6.45) is 0.808. The van der Waals surface area contributed by atoms with Crippen molar-refractivity contribution in [2.75, 3.05) is 6.61 Å². The lowest BCUT2D eigenvalue weighted by Crippen LogP contribution is -2.10. The average molecular weight is 214 g/mol. The van der Waals surface area contributed by atoms with E-state index >= 15 is 0 Å². The van der Waals surface area contributed by atoms with Gasteiger partial charge >= 0.3 is 0 Å². The Bertz CT molecular complexity index is 329. The predicted octanol–water partition coefficient (Wildman–Crippen LogP) is 3.90. The molecule has 1 nitrogen and oxygen atoms in total. The van der Waals surface area contributed by atoms with Crippen LogP contribution in [0, 0.1) is 6.92 Å². The average Bonchev–Trinajstić information content (AvgIpc) is 2.14. The van der Waals surface area contributed by atoms with Crippen molar-refractivity contribution in [3.63, 3.8) is 0 Å². The summed E-state index contributed by atoms with van der Waals surface area (Å²) in [5.41, 5.74) is 0.784. The standard InChI is InChI=1S/C12H16F2O/c1-4-7-15-11-6-5-9(2)8-10(11)12(3,13)14/h5-6,8H,4,7H2,1-3H3. The third kappa shape index (κ3) is 3.18. The van der Waals surface area contributed by atoms with Crippen LogP contribution in [0.1, 0.15) is 31.4 Å². The summed E-state index contributed by atoms with van der Waals surface area (Å²) in [6, 6.07) is 4.86. The first-order chi connectivity index (χ1) is 6.95. The molecule has 0 unspecified atom stereocenters. The third-order valence-electron chi connectivity index (χ3n) is 2.07. The summed E-state index contributed by atoms with van der Waals surface area (Å²) in [5.74, 6) is -2.57. The Hall–Kier alpha value is -1.12. The molecule has 15 heavy (non-hydrogen) atoms. The topological polar surface area (TPSA) is 9.23 Å². The minimum absolute atomic E-state index is 0.0315. The quantitative estimate of drug-likeness (QED) is 0.738. The SMILES string of the molecule is CCCOc1ccc(C)cc1C(C)(F)F. The van der Waals surface area contributed by atoms with Gasteiger partial charge in [0.2, 0.25) is 0 Å². The van der Waals surface area contributed by atoms with Crippen LogP contribution in [0.15, 0.2) is 18.2 Å². The number of hydrogen-bond acceptors (Lipinski definition) is 1. The van der Waals surface area contributed by atoms with Crippen molar-refractivity contribution in [2.45, 2.75) is 33.1 Å². The first-order valence-electron chi connectivity index (χ1n) is 5.07. The van der Waals surface area contributed by atoms with Gasteiger partial charge in [-0.2, -0.15) is 0 Å². The maximum absolute atomic E-state index is 13.2. The minimum Gasteiger partial charge on any atom is -0.493 e. The molecule has 0 N–H and O–H groups in total. The van der Waals surface area contributed by atoms with Gasteiger partial charge < -0.3 is 4.74 Å². The highest BCUT2D eigenvalue weighted by atomic mass is 19.3. The highest BCUT2D eigenvalue weighted by Crippen LogP contribution is 2.35. The van der Waals surface area contributed by atoms with Crippen LogP contribution in [-0.4, -0.2) is 6.61 Å². The van der Waals surface area contributed by atoms with Gasteiger partial charge in [-0.3, -0.25) is 0 Å². The second kappa shape index (κ2) is 4.60. The van der Waals surface area contributed by atoms with Gasteiger partial charge in [-0.05, 0) is 25.5 Å². The lowest BCUT2D eigenvalue weighted by atomic mass is 10.1. The van der Waals surface area contributed by atoms with Crippen molar-refractivity contribution < 1.29 is 13.5 Å². The van der Waals surface area contributed by atoms with Crippen LogP contribution < -0.4 is 4.74 Å². The van der Waals surface area contributed by atoms with E-state index in [0.717, 1.165) is 18.9 Å². The normalized spacial score (nSPS) is 11.5. The van der Waals surface area contributed by atoms with Crippen LogP contribution in [0.4, 0.5) is 8.78 Å². The van der Waals surface area contributed by atoms with Gasteiger partial charge in [0.05, 0.1) is 12.2 Å². The van der Waals surface area contributed by atoms with Crippen LogP contribution in [0.5, 0.6) is 5.75 Å². The Morgan fingerprint density at radius 3 is 2.53 bits per heavy atom. The summed E-state index contributed by atoms with van der Waals surface area (Å²) in [4.78, 5) is 0. The molecule has 0 aliphatic heterocycles. The van der Waals surface area contributed by atoms with Crippen molar-refractivity contribution in [1.29, 1.82) is 0 Å². The van der Waals surface area contributed by atoms with Crippen LogP contribution in [0.3, 0.4) is 0 Å². The van der Waals surface area contributed by atoms with E-state index in [0.29, 0.717) is 6.61 Å². The molecule has 0 radical (unpaired) electrons. The van der Waals surface area contributed by atoms with Crippen molar-refractivity contribution in [3.05, 3.63) is 29.3 Å². The fraction of sp³-hybridized carbons (Fsp3) is 0.500. The largest absolute Gasteiger partial charge is 0.493 e. The number of halogens is 2. The fourth-order valence-electron chi connectivity index (χ4n) is 1.32. The molecule has 84 valence electrons. The maximum Gasteiger partial charge on any atom is 0.274 e.